The van der Waals surface area contributed by atoms with Gasteiger partial charge >= 0.3 is 0 Å². The number of imidazole rings is 2. The predicted molar refractivity (Wildman–Crippen MR) is 131 cm³/mol. The van der Waals surface area contributed by atoms with Crippen molar-refractivity contribution in [2.45, 2.75) is 12.8 Å². The zero-order chi connectivity index (χ0) is 21.8. The van der Waals surface area contributed by atoms with Gasteiger partial charge in [-0.2, -0.15) is 0 Å². The highest BCUT2D eigenvalue weighted by atomic mass is 35.5. The Labute approximate surface area is 199 Å². The number of hydrogen-bond donors (Lipinski definition) is 5. The lowest BCUT2D eigenvalue weighted by molar-refractivity contribution is 0.641. The molecule has 0 amide bonds. The van der Waals surface area contributed by atoms with E-state index in [0.29, 0.717) is 32.0 Å². The van der Waals surface area contributed by atoms with Crippen molar-refractivity contribution < 1.29 is 0 Å². The summed E-state index contributed by atoms with van der Waals surface area (Å²) in [5.41, 5.74) is 3.30. The first-order valence-electron chi connectivity index (χ1n) is 9.87. The summed E-state index contributed by atoms with van der Waals surface area (Å²) in [6, 6.07) is 7.07. The maximum Gasteiger partial charge on any atom is 0.201 e. The Hall–Kier alpha value is -1.90. The van der Waals surface area contributed by atoms with Crippen molar-refractivity contribution in [1.29, 1.82) is 0 Å². The largest absolute Gasteiger partial charge is 0.356 e. The number of benzene rings is 2. The van der Waals surface area contributed by atoms with Gasteiger partial charge in [-0.05, 0) is 50.2 Å². The lowest BCUT2D eigenvalue weighted by Crippen LogP contribution is -2.21. The zero-order valence-corrected chi connectivity index (χ0v) is 19.5. The van der Waals surface area contributed by atoms with Crippen LogP contribution in [0.3, 0.4) is 0 Å². The Morgan fingerprint density at radius 2 is 1.03 bits per heavy atom. The normalized spacial score (nSPS) is 11.5. The lowest BCUT2D eigenvalue weighted by atomic mass is 10.3. The van der Waals surface area contributed by atoms with E-state index in [4.69, 9.17) is 46.4 Å². The van der Waals surface area contributed by atoms with Gasteiger partial charge in [0.05, 0.1) is 42.2 Å². The summed E-state index contributed by atoms with van der Waals surface area (Å²) in [6.07, 6.45) is 1.94. The summed E-state index contributed by atoms with van der Waals surface area (Å²) in [7, 11) is 0. The van der Waals surface area contributed by atoms with Crippen LogP contribution in [-0.4, -0.2) is 46.1 Å². The number of aromatic nitrogens is 4. The second-order valence-corrected chi connectivity index (χ2v) is 8.68. The number of H-pyrrole nitrogens is 2. The van der Waals surface area contributed by atoms with E-state index in [9.17, 15) is 0 Å². The Morgan fingerprint density at radius 3 is 1.48 bits per heavy atom. The van der Waals surface area contributed by atoms with Crippen LogP contribution in [0.25, 0.3) is 22.1 Å². The molecular weight excluding hydrogens is 480 g/mol. The molecule has 0 aliphatic carbocycles. The second-order valence-electron chi connectivity index (χ2n) is 7.05. The first-order chi connectivity index (χ1) is 15.0. The molecule has 2 aromatic heterocycles. The summed E-state index contributed by atoms with van der Waals surface area (Å²) >= 11 is 24.1. The Bertz CT molecular complexity index is 1020. The van der Waals surface area contributed by atoms with Crippen molar-refractivity contribution in [3.8, 4) is 0 Å². The molecule has 0 fully saturated rings. The number of aromatic amines is 2. The van der Waals surface area contributed by atoms with E-state index in [1.54, 1.807) is 24.3 Å². The molecule has 0 unspecified atom stereocenters. The molecule has 2 aromatic carbocycles. The van der Waals surface area contributed by atoms with E-state index < -0.39 is 0 Å². The zero-order valence-electron chi connectivity index (χ0n) is 16.5. The van der Waals surface area contributed by atoms with Gasteiger partial charge in [0, 0.05) is 13.1 Å². The van der Waals surface area contributed by atoms with Crippen LogP contribution < -0.4 is 16.0 Å². The fraction of sp³-hybridized carbons (Fsp3) is 0.300. The van der Waals surface area contributed by atoms with Gasteiger partial charge < -0.3 is 25.9 Å². The number of rotatable bonds is 10. The second kappa shape index (κ2) is 10.1. The smallest absolute Gasteiger partial charge is 0.201 e. The molecule has 0 atom stereocenters. The molecular formula is C20H21Cl4N7. The van der Waals surface area contributed by atoms with Crippen molar-refractivity contribution in [3.05, 3.63) is 44.4 Å². The van der Waals surface area contributed by atoms with Gasteiger partial charge in [-0.3, -0.25) is 0 Å². The van der Waals surface area contributed by atoms with Crippen molar-refractivity contribution >= 4 is 80.4 Å². The van der Waals surface area contributed by atoms with Gasteiger partial charge in [-0.25, -0.2) is 9.97 Å². The summed E-state index contributed by atoms with van der Waals surface area (Å²) in [5.74, 6) is 1.43. The molecule has 164 valence electrons. The molecule has 0 radical (unpaired) electrons. The lowest BCUT2D eigenvalue weighted by Gasteiger charge is -2.06. The number of fused-ring (bicyclic) bond motifs is 2. The van der Waals surface area contributed by atoms with E-state index in [2.05, 4.69) is 35.9 Å². The molecule has 0 spiro atoms. The van der Waals surface area contributed by atoms with Gasteiger partial charge in [0.15, 0.2) is 0 Å². The molecule has 0 saturated carbocycles. The number of nitrogens with one attached hydrogen (secondary N) is 5. The Kier molecular flexibility index (Phi) is 7.30. The minimum Gasteiger partial charge on any atom is -0.356 e. The molecule has 7 nitrogen and oxygen atoms in total. The van der Waals surface area contributed by atoms with E-state index in [1.807, 2.05) is 0 Å². The fourth-order valence-electron chi connectivity index (χ4n) is 3.14. The average Bonchev–Trinajstić information content (AvgIpc) is 3.30. The standard InChI is InChI=1S/C20H21Cl4N7/c21-11-7-15-16(8-12(11)22)29-19(28-15)26-5-1-3-25-4-2-6-27-20-30-17-9-13(23)14(24)10-18(17)31-20/h7-10,25H,1-6H2,(H2,26,28,29)(H2,27,30,31). The van der Waals surface area contributed by atoms with Crippen LogP contribution in [-0.2, 0) is 0 Å². The minimum atomic E-state index is 0.500. The molecule has 31 heavy (non-hydrogen) atoms. The highest BCUT2D eigenvalue weighted by Gasteiger charge is 2.07. The van der Waals surface area contributed by atoms with Crippen LogP contribution >= 0.6 is 46.4 Å². The molecule has 4 aromatic rings. The Balaban J connectivity index is 1.10. The first kappa shape index (κ1) is 22.3. The maximum absolute atomic E-state index is 6.03. The van der Waals surface area contributed by atoms with Crippen LogP contribution in [0.4, 0.5) is 11.9 Å². The van der Waals surface area contributed by atoms with Crippen LogP contribution in [0.1, 0.15) is 12.8 Å². The van der Waals surface area contributed by atoms with Gasteiger partial charge in [0.2, 0.25) is 11.9 Å². The van der Waals surface area contributed by atoms with Crippen molar-refractivity contribution in [2.75, 3.05) is 36.8 Å². The SMILES string of the molecule is Clc1cc2nc(NCCCNCCCNc3nc4cc(Cl)c(Cl)cc4[nH]3)[nH]c2cc1Cl. The van der Waals surface area contributed by atoms with Crippen LogP contribution in [0, 0.1) is 0 Å². The predicted octanol–water partition coefficient (Wildman–Crippen LogP) is 5.95. The number of anilines is 2. The molecule has 11 heteroatoms. The van der Waals surface area contributed by atoms with Crippen molar-refractivity contribution in [2.24, 2.45) is 0 Å². The van der Waals surface area contributed by atoms with Gasteiger partial charge in [-0.15, -0.1) is 0 Å². The molecule has 5 N–H and O–H groups in total. The van der Waals surface area contributed by atoms with E-state index in [1.165, 1.54) is 0 Å². The average molecular weight is 501 g/mol. The highest BCUT2D eigenvalue weighted by Crippen LogP contribution is 2.28. The molecule has 0 aliphatic rings. The highest BCUT2D eigenvalue weighted by molar-refractivity contribution is 6.43. The third-order valence-corrected chi connectivity index (χ3v) is 6.14. The number of nitrogens with zero attached hydrogens (tertiary/aromatic N) is 2. The fourth-order valence-corrected chi connectivity index (χ4v) is 3.79. The third-order valence-electron chi connectivity index (χ3n) is 4.69. The van der Waals surface area contributed by atoms with Crippen LogP contribution in [0.5, 0.6) is 0 Å². The quantitative estimate of drug-likeness (QED) is 0.173. The van der Waals surface area contributed by atoms with E-state index in [0.717, 1.165) is 61.1 Å². The van der Waals surface area contributed by atoms with Crippen LogP contribution in [0.2, 0.25) is 20.1 Å². The maximum atomic E-state index is 6.03. The third kappa shape index (κ3) is 5.67. The van der Waals surface area contributed by atoms with Gasteiger partial charge in [-0.1, -0.05) is 46.4 Å². The molecule has 2 heterocycles. The first-order valence-corrected chi connectivity index (χ1v) is 11.4. The summed E-state index contributed by atoms with van der Waals surface area (Å²) in [5, 5.41) is 12.0. The summed E-state index contributed by atoms with van der Waals surface area (Å²) < 4.78 is 0. The monoisotopic (exact) mass is 499 g/mol. The van der Waals surface area contributed by atoms with E-state index >= 15 is 0 Å². The van der Waals surface area contributed by atoms with Gasteiger partial charge in [0.1, 0.15) is 0 Å². The molecule has 0 aliphatic heterocycles. The van der Waals surface area contributed by atoms with Gasteiger partial charge in [0.25, 0.3) is 0 Å². The van der Waals surface area contributed by atoms with Crippen molar-refractivity contribution in [1.82, 2.24) is 25.3 Å². The van der Waals surface area contributed by atoms with E-state index in [-0.39, 0.29) is 0 Å². The van der Waals surface area contributed by atoms with Crippen LogP contribution in [0.15, 0.2) is 24.3 Å². The minimum absolute atomic E-state index is 0.500. The summed E-state index contributed by atoms with van der Waals surface area (Å²) in [4.78, 5) is 15.3. The molecule has 4 rings (SSSR count). The molecule has 0 saturated heterocycles. The van der Waals surface area contributed by atoms with Crippen molar-refractivity contribution in [3.63, 3.8) is 0 Å². The molecule has 0 bridgehead atoms. The summed E-state index contributed by atoms with van der Waals surface area (Å²) in [6.45, 7) is 3.42. The number of hydrogen-bond acceptors (Lipinski definition) is 5. The topological polar surface area (TPSA) is 93.4 Å². The number of halogens is 4. The Morgan fingerprint density at radius 1 is 0.613 bits per heavy atom.